The van der Waals surface area contributed by atoms with Crippen molar-refractivity contribution in [3.63, 3.8) is 0 Å². The van der Waals surface area contributed by atoms with Gasteiger partial charge in [0.1, 0.15) is 0 Å². The van der Waals surface area contributed by atoms with Gasteiger partial charge >= 0.3 is 5.97 Å². The third-order valence-electron chi connectivity index (χ3n) is 7.58. The number of allylic oxidation sites excluding steroid dienone is 5. The van der Waals surface area contributed by atoms with Crippen LogP contribution in [-0.4, -0.2) is 52.8 Å². The van der Waals surface area contributed by atoms with Crippen LogP contribution in [0.3, 0.4) is 0 Å². The number of nitrogens with zero attached hydrogens (tertiary/aromatic N) is 2. The molecule has 212 valence electrons. The van der Waals surface area contributed by atoms with Crippen molar-refractivity contribution in [2.24, 2.45) is 0 Å². The molecule has 3 heterocycles. The fourth-order valence-corrected chi connectivity index (χ4v) is 5.55. The number of amides is 1. The van der Waals surface area contributed by atoms with Gasteiger partial charge in [-0.15, -0.1) is 0 Å². The number of carbonyl (C=O) groups excluding carboxylic acids is 1. The molecule has 2 aromatic rings. The number of ether oxygens (including phenoxy) is 1. The van der Waals surface area contributed by atoms with Gasteiger partial charge in [0.2, 0.25) is 0 Å². The Kier molecular flexibility index (Phi) is 11.6. The molecule has 1 fully saturated rings. The first-order chi connectivity index (χ1) is 18.9. The van der Waals surface area contributed by atoms with Crippen LogP contribution < -0.4 is 0 Å². The van der Waals surface area contributed by atoms with Crippen molar-refractivity contribution >= 4 is 28.4 Å². The van der Waals surface area contributed by atoms with E-state index in [0.29, 0.717) is 44.3 Å². The monoisotopic (exact) mass is 534 g/mol. The Bertz CT molecular complexity index is 1230. The summed E-state index contributed by atoms with van der Waals surface area (Å²) in [5.74, 6) is -0.606. The van der Waals surface area contributed by atoms with Crippen LogP contribution in [0.5, 0.6) is 0 Å². The molecule has 2 aliphatic heterocycles. The van der Waals surface area contributed by atoms with Crippen LogP contribution in [-0.2, 0) is 16.1 Å². The summed E-state index contributed by atoms with van der Waals surface area (Å²) in [4.78, 5) is 27.5. The zero-order valence-corrected chi connectivity index (χ0v) is 24.5. The van der Waals surface area contributed by atoms with E-state index in [9.17, 15) is 14.7 Å². The van der Waals surface area contributed by atoms with E-state index < -0.39 is 5.97 Å². The molecule has 0 aliphatic carbocycles. The second-order valence-electron chi connectivity index (χ2n) is 10.3. The van der Waals surface area contributed by atoms with Gasteiger partial charge < -0.3 is 19.3 Å². The molecular formula is C33H46N2O4. The first kappa shape index (κ1) is 30.4. The standard InChI is InChI=1S/C31H40N2O4.C2H6/c1-4-5-8-11-22(2)28-26-15-14-24(31(35)36)20-27(26)33-21-25(30(34)32-16-18-37-19-17-32)13-10-7-6-9-12-23(3)29(28)33;1-2/h7,10,12-15,20,22H,4-6,8-9,11,16-19,21H2,1-3H3,(H,35,36);1-2H3/b10-7+,23-12+,25-13+;. The minimum absolute atomic E-state index is 0.0218. The molecule has 4 rings (SSSR count). The maximum Gasteiger partial charge on any atom is 0.335 e. The Labute approximate surface area is 234 Å². The summed E-state index contributed by atoms with van der Waals surface area (Å²) >= 11 is 0. The largest absolute Gasteiger partial charge is 0.478 e. The molecule has 0 radical (unpaired) electrons. The highest BCUT2D eigenvalue weighted by atomic mass is 16.5. The molecule has 0 saturated carbocycles. The molecule has 1 saturated heterocycles. The van der Waals surface area contributed by atoms with E-state index in [2.05, 4.69) is 37.5 Å². The molecule has 1 aromatic heterocycles. The summed E-state index contributed by atoms with van der Waals surface area (Å²) in [5.41, 5.74) is 5.42. The number of morpholine rings is 1. The number of aromatic nitrogens is 1. The third-order valence-corrected chi connectivity index (χ3v) is 7.58. The second kappa shape index (κ2) is 14.9. The number of aromatic carboxylic acids is 1. The lowest BCUT2D eigenvalue weighted by atomic mass is 9.90. The lowest BCUT2D eigenvalue weighted by Gasteiger charge is -2.28. The Hall–Kier alpha value is -3.12. The number of hydrogen-bond donors (Lipinski definition) is 1. The zero-order valence-electron chi connectivity index (χ0n) is 24.5. The normalized spacial score (nSPS) is 20.3. The zero-order chi connectivity index (χ0) is 28.4. The van der Waals surface area contributed by atoms with Gasteiger partial charge in [-0.1, -0.05) is 77.3 Å². The van der Waals surface area contributed by atoms with Crippen LogP contribution in [0.2, 0.25) is 0 Å². The maximum absolute atomic E-state index is 13.7. The topological polar surface area (TPSA) is 71.8 Å². The molecule has 6 nitrogen and oxygen atoms in total. The highest BCUT2D eigenvalue weighted by molar-refractivity contribution is 5.98. The second-order valence-corrected chi connectivity index (χ2v) is 10.3. The van der Waals surface area contributed by atoms with Gasteiger partial charge in [-0.25, -0.2) is 4.79 Å². The van der Waals surface area contributed by atoms with Crippen molar-refractivity contribution < 1.29 is 19.4 Å². The summed E-state index contributed by atoms with van der Waals surface area (Å²) in [6.45, 7) is 13.3. The number of benzene rings is 1. The molecule has 39 heavy (non-hydrogen) atoms. The van der Waals surface area contributed by atoms with E-state index in [4.69, 9.17) is 4.74 Å². The third kappa shape index (κ3) is 7.30. The van der Waals surface area contributed by atoms with Gasteiger partial charge in [0.25, 0.3) is 5.91 Å². The summed E-state index contributed by atoms with van der Waals surface area (Å²) in [7, 11) is 0. The van der Waals surface area contributed by atoms with E-state index >= 15 is 0 Å². The van der Waals surface area contributed by atoms with Crippen molar-refractivity contribution in [3.05, 3.63) is 64.9 Å². The quantitative estimate of drug-likeness (QED) is 0.372. The lowest BCUT2D eigenvalue weighted by Crippen LogP contribution is -2.42. The Morgan fingerprint density at radius 1 is 1.10 bits per heavy atom. The molecule has 0 spiro atoms. The first-order valence-electron chi connectivity index (χ1n) is 14.7. The van der Waals surface area contributed by atoms with E-state index in [-0.39, 0.29) is 11.5 Å². The van der Waals surface area contributed by atoms with Crippen molar-refractivity contribution in [1.29, 1.82) is 0 Å². The van der Waals surface area contributed by atoms with E-state index in [1.165, 1.54) is 24.0 Å². The van der Waals surface area contributed by atoms with Gasteiger partial charge in [0.15, 0.2) is 0 Å². The lowest BCUT2D eigenvalue weighted by molar-refractivity contribution is -0.131. The Morgan fingerprint density at radius 2 is 1.85 bits per heavy atom. The predicted octanol–water partition coefficient (Wildman–Crippen LogP) is 7.59. The van der Waals surface area contributed by atoms with Gasteiger partial charge in [-0.3, -0.25) is 4.79 Å². The van der Waals surface area contributed by atoms with E-state index in [1.54, 1.807) is 12.1 Å². The summed E-state index contributed by atoms with van der Waals surface area (Å²) < 4.78 is 7.67. The molecule has 1 atom stereocenters. The molecule has 1 N–H and O–H groups in total. The fraction of sp³-hybridized carbons (Fsp3) is 0.515. The van der Waals surface area contributed by atoms with Crippen LogP contribution in [0.4, 0.5) is 0 Å². The average Bonchev–Trinajstić information content (AvgIpc) is 3.27. The number of carbonyl (C=O) groups is 2. The number of carboxylic acid groups (broad SMARTS) is 1. The number of rotatable bonds is 7. The summed E-state index contributed by atoms with van der Waals surface area (Å²) in [6.07, 6.45) is 14.7. The van der Waals surface area contributed by atoms with Gasteiger partial charge in [0, 0.05) is 35.3 Å². The van der Waals surface area contributed by atoms with Crippen LogP contribution in [0, 0.1) is 0 Å². The highest BCUT2D eigenvalue weighted by Crippen LogP contribution is 2.39. The number of hydrogen-bond acceptors (Lipinski definition) is 3. The number of carboxylic acids is 1. The van der Waals surface area contributed by atoms with E-state index in [1.807, 2.05) is 37.0 Å². The molecule has 1 unspecified atom stereocenters. The highest BCUT2D eigenvalue weighted by Gasteiger charge is 2.27. The van der Waals surface area contributed by atoms with Crippen LogP contribution >= 0.6 is 0 Å². The molecular weight excluding hydrogens is 488 g/mol. The Balaban J connectivity index is 0.00000205. The van der Waals surface area contributed by atoms with Gasteiger partial charge in [0.05, 0.1) is 25.3 Å². The van der Waals surface area contributed by atoms with Crippen molar-refractivity contribution in [2.75, 3.05) is 26.3 Å². The van der Waals surface area contributed by atoms with Crippen LogP contribution in [0.1, 0.15) is 101 Å². The molecule has 2 aliphatic rings. The number of fused-ring (bicyclic) bond motifs is 3. The van der Waals surface area contributed by atoms with Crippen molar-refractivity contribution in [3.8, 4) is 0 Å². The Morgan fingerprint density at radius 3 is 2.54 bits per heavy atom. The minimum Gasteiger partial charge on any atom is -0.478 e. The van der Waals surface area contributed by atoms with E-state index in [0.717, 1.165) is 42.3 Å². The molecule has 0 bridgehead atoms. The fourth-order valence-electron chi connectivity index (χ4n) is 5.55. The van der Waals surface area contributed by atoms with Gasteiger partial charge in [-0.2, -0.15) is 0 Å². The first-order valence-corrected chi connectivity index (χ1v) is 14.7. The predicted molar refractivity (Wildman–Crippen MR) is 160 cm³/mol. The van der Waals surface area contributed by atoms with Gasteiger partial charge in [-0.05, 0) is 55.4 Å². The minimum atomic E-state index is -0.943. The summed E-state index contributed by atoms with van der Waals surface area (Å²) in [6, 6.07) is 5.46. The molecule has 1 amide bonds. The van der Waals surface area contributed by atoms with Crippen molar-refractivity contribution in [2.45, 2.75) is 85.6 Å². The molecule has 1 aromatic carbocycles. The maximum atomic E-state index is 13.7. The number of unbranched alkanes of at least 4 members (excludes halogenated alkanes) is 2. The van der Waals surface area contributed by atoms with Crippen molar-refractivity contribution in [1.82, 2.24) is 9.47 Å². The smallest absolute Gasteiger partial charge is 0.335 e. The summed E-state index contributed by atoms with van der Waals surface area (Å²) in [5, 5.41) is 10.9. The molecule has 6 heteroatoms. The van der Waals surface area contributed by atoms with Crippen LogP contribution in [0.25, 0.3) is 16.5 Å². The average molecular weight is 535 g/mol. The van der Waals surface area contributed by atoms with Crippen LogP contribution in [0.15, 0.2) is 48.1 Å². The SMILES string of the molecule is CC.CCCCCC(C)c1c2n(c3cc(C(=O)O)ccc13)C/C(C(=O)N1CCOCC1)=C\C=C\CC/C=C/2C.